The van der Waals surface area contributed by atoms with Gasteiger partial charge in [0.2, 0.25) is 0 Å². The lowest BCUT2D eigenvalue weighted by molar-refractivity contribution is 0.0551. The second kappa shape index (κ2) is 10.9. The molecule has 0 aromatic carbocycles. The number of aromatic nitrogens is 1. The first kappa shape index (κ1) is 21.2. The van der Waals surface area contributed by atoms with Gasteiger partial charge in [0, 0.05) is 38.7 Å². The van der Waals surface area contributed by atoms with Gasteiger partial charge in [-0.05, 0) is 50.6 Å². The quantitative estimate of drug-likeness (QED) is 0.605. The van der Waals surface area contributed by atoms with Crippen molar-refractivity contribution in [2.45, 2.75) is 58.1 Å². The van der Waals surface area contributed by atoms with Crippen molar-refractivity contribution in [1.29, 1.82) is 0 Å². The summed E-state index contributed by atoms with van der Waals surface area (Å²) in [4.78, 5) is 10.0. The van der Waals surface area contributed by atoms with Crippen LogP contribution in [0, 0.1) is 5.92 Å². The number of piperidine rings is 1. The fourth-order valence-corrected chi connectivity index (χ4v) is 5.11. The second-order valence-electron chi connectivity index (χ2n) is 8.43. The fraction of sp³-hybridized carbons (Fsp3) is 0.857. The summed E-state index contributed by atoms with van der Waals surface area (Å²) in [6.07, 6.45) is 5.42. The smallest absolute Gasteiger partial charge is 0.107 e. The van der Waals surface area contributed by atoms with Crippen LogP contribution >= 0.6 is 11.3 Å². The van der Waals surface area contributed by atoms with Crippen LogP contribution in [0.4, 0.5) is 0 Å². The third kappa shape index (κ3) is 6.79. The van der Waals surface area contributed by atoms with E-state index in [1.165, 1.54) is 56.0 Å². The van der Waals surface area contributed by atoms with Gasteiger partial charge in [0.25, 0.3) is 0 Å². The predicted molar refractivity (Wildman–Crippen MR) is 111 cm³/mol. The highest BCUT2D eigenvalue weighted by molar-refractivity contribution is 7.09. The van der Waals surface area contributed by atoms with Crippen molar-refractivity contribution in [2.75, 3.05) is 53.0 Å². The fourth-order valence-electron chi connectivity index (χ4n) is 4.11. The van der Waals surface area contributed by atoms with Crippen molar-refractivity contribution in [3.63, 3.8) is 0 Å². The molecule has 2 aliphatic heterocycles. The normalized spacial score (nSPS) is 22.3. The summed E-state index contributed by atoms with van der Waals surface area (Å²) in [6.45, 7) is 12.9. The van der Waals surface area contributed by atoms with E-state index >= 15 is 0 Å². The number of thiazole rings is 1. The maximum Gasteiger partial charge on any atom is 0.107 e. The van der Waals surface area contributed by atoms with Gasteiger partial charge in [0.1, 0.15) is 5.01 Å². The molecule has 3 heterocycles. The van der Waals surface area contributed by atoms with Crippen molar-refractivity contribution >= 4 is 11.3 Å². The average Bonchev–Trinajstić information content (AvgIpc) is 3.33. The minimum atomic E-state index is 0.413. The Morgan fingerprint density at radius 2 is 2.11 bits per heavy atom. The molecular weight excluding hydrogens is 358 g/mol. The molecule has 0 unspecified atom stereocenters. The van der Waals surface area contributed by atoms with Gasteiger partial charge in [-0.25, -0.2) is 4.98 Å². The number of ether oxygens (including phenoxy) is 2. The van der Waals surface area contributed by atoms with Gasteiger partial charge < -0.3 is 14.4 Å². The van der Waals surface area contributed by atoms with Crippen LogP contribution in [0.15, 0.2) is 5.38 Å². The molecule has 0 radical (unpaired) electrons. The average molecular weight is 396 g/mol. The SMILES string of the molecule is COCCN1CCC(CN(Cc2nc(C(C)C)cs2)C[C@@H]2CCCO2)CC1. The monoisotopic (exact) mass is 395 g/mol. The highest BCUT2D eigenvalue weighted by atomic mass is 32.1. The van der Waals surface area contributed by atoms with E-state index in [2.05, 4.69) is 29.0 Å². The zero-order chi connectivity index (χ0) is 19.1. The Balaban J connectivity index is 1.53. The van der Waals surface area contributed by atoms with Crippen LogP contribution in [0.3, 0.4) is 0 Å². The van der Waals surface area contributed by atoms with E-state index in [-0.39, 0.29) is 0 Å². The van der Waals surface area contributed by atoms with E-state index in [0.29, 0.717) is 12.0 Å². The molecule has 6 heteroatoms. The summed E-state index contributed by atoms with van der Waals surface area (Å²) in [7, 11) is 1.79. The molecule has 1 atom stereocenters. The highest BCUT2D eigenvalue weighted by Gasteiger charge is 2.25. The molecule has 0 spiro atoms. The maximum absolute atomic E-state index is 5.93. The first-order valence-corrected chi connectivity index (χ1v) is 11.5. The standard InChI is InChI=1S/C21H37N3O2S/c1-17(2)20-16-27-21(22-20)15-24(14-19-5-4-11-26-19)13-18-6-8-23(9-7-18)10-12-25-3/h16-19H,4-15H2,1-3H3/t19-/m0/s1. The molecule has 154 valence electrons. The Morgan fingerprint density at radius 3 is 2.74 bits per heavy atom. The van der Waals surface area contributed by atoms with Gasteiger partial charge in [0.15, 0.2) is 0 Å². The molecule has 5 nitrogen and oxygen atoms in total. The molecule has 3 rings (SSSR count). The van der Waals surface area contributed by atoms with Crippen LogP contribution in [-0.2, 0) is 16.0 Å². The van der Waals surface area contributed by atoms with Crippen molar-refractivity contribution in [2.24, 2.45) is 5.92 Å². The van der Waals surface area contributed by atoms with Crippen molar-refractivity contribution in [1.82, 2.24) is 14.8 Å². The summed E-state index contributed by atoms with van der Waals surface area (Å²) in [5.74, 6) is 1.30. The molecule has 0 amide bonds. The topological polar surface area (TPSA) is 37.8 Å². The lowest BCUT2D eigenvalue weighted by atomic mass is 9.96. The number of hydrogen-bond acceptors (Lipinski definition) is 6. The summed E-state index contributed by atoms with van der Waals surface area (Å²) < 4.78 is 11.2. The number of nitrogens with zero attached hydrogens (tertiary/aromatic N) is 3. The van der Waals surface area contributed by atoms with Crippen molar-refractivity contribution in [3.8, 4) is 0 Å². The minimum Gasteiger partial charge on any atom is -0.383 e. The summed E-state index contributed by atoms with van der Waals surface area (Å²) in [6, 6.07) is 0. The van der Waals surface area contributed by atoms with Crippen LogP contribution in [-0.4, -0.2) is 73.9 Å². The Bertz CT molecular complexity index is 537. The lowest BCUT2D eigenvalue weighted by Gasteiger charge is -2.35. The molecule has 0 aliphatic carbocycles. The Kier molecular flexibility index (Phi) is 8.52. The van der Waals surface area contributed by atoms with E-state index in [1.54, 1.807) is 7.11 Å². The summed E-state index contributed by atoms with van der Waals surface area (Å²) in [5.41, 5.74) is 1.23. The van der Waals surface area contributed by atoms with Crippen molar-refractivity contribution in [3.05, 3.63) is 16.1 Å². The zero-order valence-electron chi connectivity index (χ0n) is 17.4. The number of hydrogen-bond donors (Lipinski definition) is 0. The molecule has 0 bridgehead atoms. The molecule has 0 N–H and O–H groups in total. The van der Waals surface area contributed by atoms with Crippen molar-refractivity contribution < 1.29 is 9.47 Å². The molecule has 2 saturated heterocycles. The minimum absolute atomic E-state index is 0.413. The Morgan fingerprint density at radius 1 is 1.30 bits per heavy atom. The molecule has 2 aliphatic rings. The van der Waals surface area contributed by atoms with Crippen LogP contribution in [0.1, 0.15) is 56.2 Å². The van der Waals surface area contributed by atoms with Crippen LogP contribution < -0.4 is 0 Å². The third-order valence-electron chi connectivity index (χ3n) is 5.84. The van der Waals surface area contributed by atoms with E-state index in [4.69, 9.17) is 14.5 Å². The van der Waals surface area contributed by atoms with Crippen LogP contribution in [0.25, 0.3) is 0 Å². The first-order valence-electron chi connectivity index (χ1n) is 10.6. The van der Waals surface area contributed by atoms with Gasteiger partial charge >= 0.3 is 0 Å². The number of rotatable bonds is 10. The zero-order valence-corrected chi connectivity index (χ0v) is 18.2. The van der Waals surface area contributed by atoms with E-state index < -0.39 is 0 Å². The van der Waals surface area contributed by atoms with Gasteiger partial charge in [-0.3, -0.25) is 4.90 Å². The van der Waals surface area contributed by atoms with Gasteiger partial charge in [-0.2, -0.15) is 0 Å². The number of methoxy groups -OCH3 is 1. The highest BCUT2D eigenvalue weighted by Crippen LogP contribution is 2.24. The lowest BCUT2D eigenvalue weighted by Crippen LogP contribution is -2.41. The molecule has 1 aromatic heterocycles. The Labute approximate surface area is 169 Å². The van der Waals surface area contributed by atoms with E-state index in [0.717, 1.165) is 38.8 Å². The Hall–Kier alpha value is -0.530. The molecule has 1 aromatic rings. The molecule has 2 fully saturated rings. The molecule has 27 heavy (non-hydrogen) atoms. The van der Waals surface area contributed by atoms with Gasteiger partial charge in [-0.15, -0.1) is 11.3 Å². The predicted octanol–water partition coefficient (Wildman–Crippen LogP) is 3.61. The largest absolute Gasteiger partial charge is 0.383 e. The van der Waals surface area contributed by atoms with E-state index in [9.17, 15) is 0 Å². The number of likely N-dealkylation sites (tertiary alicyclic amines) is 1. The van der Waals surface area contributed by atoms with Gasteiger partial charge in [0.05, 0.1) is 24.9 Å². The van der Waals surface area contributed by atoms with E-state index in [1.807, 2.05) is 11.3 Å². The summed E-state index contributed by atoms with van der Waals surface area (Å²) in [5, 5.41) is 3.49. The van der Waals surface area contributed by atoms with Crippen LogP contribution in [0.5, 0.6) is 0 Å². The second-order valence-corrected chi connectivity index (χ2v) is 9.37. The van der Waals surface area contributed by atoms with Gasteiger partial charge in [-0.1, -0.05) is 13.8 Å². The van der Waals surface area contributed by atoms with Crippen LogP contribution in [0.2, 0.25) is 0 Å². The third-order valence-corrected chi connectivity index (χ3v) is 6.69. The maximum atomic E-state index is 5.93. The summed E-state index contributed by atoms with van der Waals surface area (Å²) >= 11 is 1.82. The first-order chi connectivity index (χ1) is 13.1. The molecular formula is C21H37N3O2S. The molecule has 0 saturated carbocycles.